The number of fused-ring (bicyclic) bond motifs is 1. The van der Waals surface area contributed by atoms with E-state index < -0.39 is 5.97 Å². The number of esters is 1. The first-order valence-electron chi connectivity index (χ1n) is 9.86. The molecule has 0 amide bonds. The Bertz CT molecular complexity index is 1470. The summed E-state index contributed by atoms with van der Waals surface area (Å²) >= 11 is 1.37. The van der Waals surface area contributed by atoms with E-state index in [0.717, 1.165) is 16.7 Å². The summed E-state index contributed by atoms with van der Waals surface area (Å²) in [6.45, 7) is 1.47. The maximum Gasteiger partial charge on any atom is 0.344 e. The summed E-state index contributed by atoms with van der Waals surface area (Å²) in [6, 6.07) is 18.9. The lowest BCUT2D eigenvalue weighted by Gasteiger charge is -2.06. The van der Waals surface area contributed by atoms with Crippen molar-refractivity contribution in [3.63, 3.8) is 0 Å². The van der Waals surface area contributed by atoms with Gasteiger partial charge in [0, 0.05) is 16.5 Å². The lowest BCUT2D eigenvalue weighted by molar-refractivity contribution is 0.0461. The minimum atomic E-state index is -0.596. The van der Waals surface area contributed by atoms with Crippen LogP contribution in [0.3, 0.4) is 0 Å². The number of benzene rings is 2. The van der Waals surface area contributed by atoms with Gasteiger partial charge in [0.2, 0.25) is 0 Å². The molecule has 32 heavy (non-hydrogen) atoms. The zero-order chi connectivity index (χ0) is 22.1. The number of carbonyl (C=O) groups is 1. The maximum atomic E-state index is 12.8. The van der Waals surface area contributed by atoms with Gasteiger partial charge in [0.25, 0.3) is 5.56 Å². The van der Waals surface area contributed by atoms with Gasteiger partial charge in [-0.1, -0.05) is 65.8 Å². The first-order chi connectivity index (χ1) is 15.6. The molecule has 0 atom stereocenters. The van der Waals surface area contributed by atoms with Crippen LogP contribution in [0.1, 0.15) is 21.9 Å². The Morgan fingerprint density at radius 1 is 1.06 bits per heavy atom. The number of hydrogen-bond acceptors (Lipinski definition) is 7. The summed E-state index contributed by atoms with van der Waals surface area (Å²) in [5, 5.41) is 6.43. The van der Waals surface area contributed by atoms with Gasteiger partial charge in [-0.3, -0.25) is 4.79 Å². The molecular weight excluding hydrogens is 426 g/mol. The number of nitrogens with one attached hydrogen (secondary N) is 1. The average Bonchev–Trinajstić information content (AvgIpc) is 3.43. The predicted molar refractivity (Wildman–Crippen MR) is 121 cm³/mol. The van der Waals surface area contributed by atoms with Crippen molar-refractivity contribution in [3.8, 4) is 22.4 Å². The number of carbonyl (C=O) groups excluding carboxylic acids is 1. The number of hydrogen-bond donors (Lipinski definition) is 1. The fourth-order valence-corrected chi connectivity index (χ4v) is 4.47. The third-order valence-corrected chi connectivity index (χ3v) is 5.90. The summed E-state index contributed by atoms with van der Waals surface area (Å²) < 4.78 is 10.7. The van der Waals surface area contributed by atoms with E-state index in [-0.39, 0.29) is 23.6 Å². The van der Waals surface area contributed by atoms with E-state index in [1.807, 2.05) is 66.0 Å². The molecule has 7 nitrogen and oxygen atoms in total. The van der Waals surface area contributed by atoms with Gasteiger partial charge in [0.1, 0.15) is 34.3 Å². The van der Waals surface area contributed by atoms with Crippen molar-refractivity contribution in [3.05, 3.63) is 93.5 Å². The van der Waals surface area contributed by atoms with Crippen LogP contribution in [0.5, 0.6) is 0 Å². The Morgan fingerprint density at radius 2 is 1.75 bits per heavy atom. The fraction of sp³-hybridized carbons (Fsp3) is 0.0833. The normalized spacial score (nSPS) is 11.0. The third kappa shape index (κ3) is 3.61. The lowest BCUT2D eigenvalue weighted by Crippen LogP contribution is -2.14. The number of thiophene rings is 1. The Balaban J connectivity index is 1.40. The Morgan fingerprint density at radius 3 is 2.47 bits per heavy atom. The van der Waals surface area contributed by atoms with Crippen molar-refractivity contribution in [2.45, 2.75) is 13.5 Å². The van der Waals surface area contributed by atoms with Crippen molar-refractivity contribution < 1.29 is 14.1 Å². The molecule has 0 fully saturated rings. The van der Waals surface area contributed by atoms with Crippen LogP contribution in [-0.4, -0.2) is 21.1 Å². The predicted octanol–water partition coefficient (Wildman–Crippen LogP) is 4.97. The first kappa shape index (κ1) is 19.9. The molecule has 8 heteroatoms. The quantitative estimate of drug-likeness (QED) is 0.385. The molecule has 5 rings (SSSR count). The minimum absolute atomic E-state index is 0.179. The summed E-state index contributed by atoms with van der Waals surface area (Å²) in [5.74, 6) is 0.0331. The van der Waals surface area contributed by atoms with Crippen LogP contribution in [0.25, 0.3) is 32.6 Å². The number of aromatic nitrogens is 3. The third-order valence-electron chi connectivity index (χ3n) is 5.03. The molecule has 0 radical (unpaired) electrons. The minimum Gasteiger partial charge on any atom is -0.454 e. The Labute approximate surface area is 186 Å². The van der Waals surface area contributed by atoms with Crippen LogP contribution in [0, 0.1) is 6.92 Å². The molecule has 0 unspecified atom stereocenters. The summed E-state index contributed by atoms with van der Waals surface area (Å²) in [5.41, 5.74) is 2.92. The summed E-state index contributed by atoms with van der Waals surface area (Å²) in [6.07, 6.45) is 0. The van der Waals surface area contributed by atoms with Gasteiger partial charge in [-0.05, 0) is 12.5 Å². The SMILES string of the molecule is Cc1onc(-c2ccccc2)c1C(=O)OCc1nc2scc(-c3ccccc3)c2c(=O)[nH]1. The highest BCUT2D eigenvalue weighted by Gasteiger charge is 2.23. The number of rotatable bonds is 5. The fourth-order valence-electron chi connectivity index (χ4n) is 3.50. The molecule has 3 heterocycles. The van der Waals surface area contributed by atoms with Crippen molar-refractivity contribution >= 4 is 27.5 Å². The molecule has 0 saturated carbocycles. The Kier molecular flexibility index (Phi) is 5.12. The average molecular weight is 443 g/mol. The topological polar surface area (TPSA) is 98.1 Å². The molecule has 0 aliphatic heterocycles. The Hall–Kier alpha value is -4.04. The summed E-state index contributed by atoms with van der Waals surface area (Å²) in [4.78, 5) is 33.4. The van der Waals surface area contributed by atoms with Gasteiger partial charge in [0.15, 0.2) is 0 Å². The highest BCUT2D eigenvalue weighted by Crippen LogP contribution is 2.30. The second-order valence-electron chi connectivity index (χ2n) is 7.11. The van der Waals surface area contributed by atoms with E-state index >= 15 is 0 Å². The molecule has 0 aliphatic carbocycles. The smallest absolute Gasteiger partial charge is 0.344 e. The van der Waals surface area contributed by atoms with E-state index in [1.54, 1.807) is 6.92 Å². The van der Waals surface area contributed by atoms with Gasteiger partial charge in [-0.2, -0.15) is 0 Å². The molecule has 3 aromatic heterocycles. The number of H-pyrrole nitrogens is 1. The molecule has 5 aromatic rings. The van der Waals surface area contributed by atoms with Gasteiger partial charge in [-0.15, -0.1) is 11.3 Å². The largest absolute Gasteiger partial charge is 0.454 e. The van der Waals surface area contributed by atoms with Crippen molar-refractivity contribution in [1.82, 2.24) is 15.1 Å². The molecule has 0 spiro atoms. The monoisotopic (exact) mass is 443 g/mol. The van der Waals surface area contributed by atoms with E-state index in [1.165, 1.54) is 11.3 Å². The number of aryl methyl sites for hydroxylation is 1. The molecule has 1 N–H and O–H groups in total. The number of ether oxygens (including phenoxy) is 1. The van der Waals surface area contributed by atoms with E-state index in [4.69, 9.17) is 9.26 Å². The summed E-state index contributed by atoms with van der Waals surface area (Å²) in [7, 11) is 0. The molecular formula is C24H17N3O4S. The molecule has 2 aromatic carbocycles. The molecule has 0 saturated heterocycles. The highest BCUT2D eigenvalue weighted by molar-refractivity contribution is 7.17. The zero-order valence-electron chi connectivity index (χ0n) is 17.0. The van der Waals surface area contributed by atoms with Crippen molar-refractivity contribution in [2.75, 3.05) is 0 Å². The van der Waals surface area contributed by atoms with Crippen molar-refractivity contribution in [2.24, 2.45) is 0 Å². The van der Waals surface area contributed by atoms with Gasteiger partial charge in [0.05, 0.1) is 5.39 Å². The first-order valence-corrected chi connectivity index (χ1v) is 10.7. The van der Waals surface area contributed by atoms with Crippen LogP contribution >= 0.6 is 11.3 Å². The second kappa shape index (κ2) is 8.24. The standard InChI is InChI=1S/C24H17N3O4S/c1-14-19(21(27-31-14)16-10-6-3-7-11-16)24(29)30-12-18-25-22(28)20-17(13-32-23(20)26-18)15-8-4-2-5-9-15/h2-11,13H,12H2,1H3,(H,25,26,28). The zero-order valence-corrected chi connectivity index (χ0v) is 17.8. The number of nitrogens with zero attached hydrogens (tertiary/aromatic N) is 2. The van der Waals surface area contributed by atoms with Crippen LogP contribution in [-0.2, 0) is 11.3 Å². The van der Waals surface area contributed by atoms with E-state index in [0.29, 0.717) is 21.7 Å². The maximum absolute atomic E-state index is 12.8. The van der Waals surface area contributed by atoms with Crippen LogP contribution in [0.4, 0.5) is 0 Å². The van der Waals surface area contributed by atoms with E-state index in [2.05, 4.69) is 15.1 Å². The van der Waals surface area contributed by atoms with E-state index in [9.17, 15) is 9.59 Å². The second-order valence-corrected chi connectivity index (χ2v) is 7.97. The van der Waals surface area contributed by atoms with Crippen LogP contribution in [0.15, 0.2) is 75.4 Å². The molecule has 0 aliphatic rings. The highest BCUT2D eigenvalue weighted by atomic mass is 32.1. The molecule has 158 valence electrons. The van der Waals surface area contributed by atoms with Gasteiger partial charge < -0.3 is 14.2 Å². The van der Waals surface area contributed by atoms with Crippen LogP contribution < -0.4 is 5.56 Å². The lowest BCUT2D eigenvalue weighted by atomic mass is 10.1. The number of aromatic amines is 1. The van der Waals surface area contributed by atoms with Crippen molar-refractivity contribution in [1.29, 1.82) is 0 Å². The molecule has 0 bridgehead atoms. The van der Waals surface area contributed by atoms with Crippen LogP contribution in [0.2, 0.25) is 0 Å². The van der Waals surface area contributed by atoms with Gasteiger partial charge in [-0.25, -0.2) is 9.78 Å². The van der Waals surface area contributed by atoms with Gasteiger partial charge >= 0.3 is 5.97 Å².